The molecule has 1 amide bonds. The normalized spacial score (nSPS) is 13.1. The number of carbonyl (C=O) groups excluding carboxylic acids is 1. The van der Waals surface area contributed by atoms with Crippen LogP contribution in [0.15, 0.2) is 24.3 Å². The van der Waals surface area contributed by atoms with Gasteiger partial charge in [-0.2, -0.15) is 0 Å². The summed E-state index contributed by atoms with van der Waals surface area (Å²) in [5, 5.41) is 5.93. The third-order valence-corrected chi connectivity index (χ3v) is 3.03. The Hall–Kier alpha value is -1.42. The van der Waals surface area contributed by atoms with Gasteiger partial charge < -0.3 is 10.6 Å². The Morgan fingerprint density at radius 2 is 2.05 bits per heavy atom. The van der Waals surface area contributed by atoms with Crippen molar-refractivity contribution in [1.82, 2.24) is 10.6 Å². The summed E-state index contributed by atoms with van der Waals surface area (Å²) in [5.41, 5.74) is 0.848. The van der Waals surface area contributed by atoms with E-state index >= 15 is 0 Å². The SMILES string of the molecule is CNC(=O)CCNC(c1cccc(F)c1)C(C)(C)C. The first-order valence-corrected chi connectivity index (χ1v) is 6.54. The van der Waals surface area contributed by atoms with E-state index in [-0.39, 0.29) is 23.2 Å². The van der Waals surface area contributed by atoms with Crippen LogP contribution in [0.4, 0.5) is 4.39 Å². The monoisotopic (exact) mass is 266 g/mol. The van der Waals surface area contributed by atoms with E-state index in [0.29, 0.717) is 13.0 Å². The Labute approximate surface area is 114 Å². The zero-order valence-corrected chi connectivity index (χ0v) is 12.1. The summed E-state index contributed by atoms with van der Waals surface area (Å²) in [6.07, 6.45) is 0.415. The molecule has 0 bridgehead atoms. The molecule has 0 aromatic heterocycles. The molecule has 19 heavy (non-hydrogen) atoms. The van der Waals surface area contributed by atoms with E-state index in [1.54, 1.807) is 19.2 Å². The number of carbonyl (C=O) groups is 1. The average molecular weight is 266 g/mol. The second-order valence-corrected chi connectivity index (χ2v) is 5.73. The summed E-state index contributed by atoms with van der Waals surface area (Å²) < 4.78 is 13.3. The average Bonchev–Trinajstić information content (AvgIpc) is 2.32. The van der Waals surface area contributed by atoms with Gasteiger partial charge in [-0.25, -0.2) is 4.39 Å². The first-order chi connectivity index (χ1) is 8.84. The van der Waals surface area contributed by atoms with E-state index in [9.17, 15) is 9.18 Å². The summed E-state index contributed by atoms with van der Waals surface area (Å²) in [5.74, 6) is -0.237. The van der Waals surface area contributed by atoms with E-state index in [0.717, 1.165) is 5.56 Å². The molecule has 106 valence electrons. The van der Waals surface area contributed by atoms with E-state index in [4.69, 9.17) is 0 Å². The topological polar surface area (TPSA) is 41.1 Å². The molecule has 0 radical (unpaired) electrons. The zero-order valence-electron chi connectivity index (χ0n) is 12.1. The van der Waals surface area contributed by atoms with Gasteiger partial charge >= 0.3 is 0 Å². The quantitative estimate of drug-likeness (QED) is 0.860. The summed E-state index contributed by atoms with van der Waals surface area (Å²) in [7, 11) is 1.62. The lowest BCUT2D eigenvalue weighted by atomic mass is 9.82. The van der Waals surface area contributed by atoms with Crippen molar-refractivity contribution in [3.63, 3.8) is 0 Å². The third-order valence-electron chi connectivity index (χ3n) is 3.03. The molecule has 1 aromatic carbocycles. The number of nitrogens with one attached hydrogen (secondary N) is 2. The maximum absolute atomic E-state index is 13.3. The highest BCUT2D eigenvalue weighted by molar-refractivity contribution is 5.75. The molecule has 2 N–H and O–H groups in total. The van der Waals surface area contributed by atoms with Crippen molar-refractivity contribution in [2.24, 2.45) is 5.41 Å². The van der Waals surface area contributed by atoms with Gasteiger partial charge in [-0.1, -0.05) is 32.9 Å². The fourth-order valence-corrected chi connectivity index (χ4v) is 2.07. The van der Waals surface area contributed by atoms with Gasteiger partial charge in [-0.05, 0) is 23.1 Å². The Morgan fingerprint density at radius 3 is 2.58 bits per heavy atom. The Kier molecular flexibility index (Phi) is 5.48. The van der Waals surface area contributed by atoms with Crippen molar-refractivity contribution in [2.45, 2.75) is 33.2 Å². The van der Waals surface area contributed by atoms with Gasteiger partial charge in [0.15, 0.2) is 0 Å². The molecule has 1 unspecified atom stereocenters. The Morgan fingerprint density at radius 1 is 1.37 bits per heavy atom. The minimum Gasteiger partial charge on any atom is -0.359 e. The molecular weight excluding hydrogens is 243 g/mol. The molecule has 1 aromatic rings. The molecule has 0 aliphatic heterocycles. The maximum Gasteiger partial charge on any atom is 0.221 e. The molecule has 0 spiro atoms. The second kappa shape index (κ2) is 6.66. The van der Waals surface area contributed by atoms with E-state index in [1.807, 2.05) is 6.07 Å². The van der Waals surface area contributed by atoms with Crippen molar-refractivity contribution in [2.75, 3.05) is 13.6 Å². The predicted molar refractivity (Wildman–Crippen MR) is 75.3 cm³/mol. The molecule has 3 nitrogen and oxygen atoms in total. The molecule has 0 fully saturated rings. The van der Waals surface area contributed by atoms with Crippen molar-refractivity contribution in [1.29, 1.82) is 0 Å². The van der Waals surface area contributed by atoms with Gasteiger partial charge in [0.2, 0.25) is 5.91 Å². The Bertz CT molecular complexity index is 426. The Balaban J connectivity index is 2.76. The van der Waals surface area contributed by atoms with Gasteiger partial charge in [0.1, 0.15) is 5.82 Å². The number of benzene rings is 1. The fraction of sp³-hybridized carbons (Fsp3) is 0.533. The molecular formula is C15H23FN2O. The van der Waals surface area contributed by atoms with Crippen LogP contribution in [0.25, 0.3) is 0 Å². The van der Waals surface area contributed by atoms with Crippen LogP contribution < -0.4 is 10.6 Å². The molecule has 0 aliphatic carbocycles. The number of hydrogen-bond donors (Lipinski definition) is 2. The first-order valence-electron chi connectivity index (χ1n) is 6.54. The molecule has 0 saturated heterocycles. The van der Waals surface area contributed by atoms with Gasteiger partial charge in [0.05, 0.1) is 0 Å². The lowest BCUT2D eigenvalue weighted by Crippen LogP contribution is -2.34. The molecule has 4 heteroatoms. The lowest BCUT2D eigenvalue weighted by molar-refractivity contribution is -0.120. The van der Waals surface area contributed by atoms with Gasteiger partial charge in [0.25, 0.3) is 0 Å². The minimum atomic E-state index is -0.236. The summed E-state index contributed by atoms with van der Waals surface area (Å²) in [6, 6.07) is 6.61. The first kappa shape index (κ1) is 15.6. The van der Waals surface area contributed by atoms with Gasteiger partial charge in [-0.15, -0.1) is 0 Å². The summed E-state index contributed by atoms with van der Waals surface area (Å²) >= 11 is 0. The summed E-state index contributed by atoms with van der Waals surface area (Å²) in [4.78, 5) is 11.2. The van der Waals surface area contributed by atoms with E-state index in [1.165, 1.54) is 6.07 Å². The second-order valence-electron chi connectivity index (χ2n) is 5.73. The predicted octanol–water partition coefficient (Wildman–Crippen LogP) is 2.64. The van der Waals surface area contributed by atoms with Crippen molar-refractivity contribution in [3.8, 4) is 0 Å². The fourth-order valence-electron chi connectivity index (χ4n) is 2.07. The van der Waals surface area contributed by atoms with Crippen molar-refractivity contribution < 1.29 is 9.18 Å². The van der Waals surface area contributed by atoms with Crippen LogP contribution in [0, 0.1) is 11.2 Å². The molecule has 1 atom stereocenters. The smallest absolute Gasteiger partial charge is 0.221 e. The molecule has 1 rings (SSSR count). The minimum absolute atomic E-state index is 0.000554. The molecule has 0 aliphatic rings. The summed E-state index contributed by atoms with van der Waals surface area (Å²) in [6.45, 7) is 6.85. The standard InChI is InChI=1S/C15H23FN2O/c1-15(2,3)14(18-9-8-13(19)17-4)11-6-5-7-12(16)10-11/h5-7,10,14,18H,8-9H2,1-4H3,(H,17,19). The van der Waals surface area contributed by atoms with Crippen LogP contribution in [0.1, 0.15) is 38.8 Å². The largest absolute Gasteiger partial charge is 0.359 e. The zero-order chi connectivity index (χ0) is 14.5. The van der Waals surface area contributed by atoms with Gasteiger partial charge in [-0.3, -0.25) is 4.79 Å². The highest BCUT2D eigenvalue weighted by Crippen LogP contribution is 2.32. The number of halogens is 1. The van der Waals surface area contributed by atoms with Crippen LogP contribution in [-0.2, 0) is 4.79 Å². The maximum atomic E-state index is 13.3. The lowest BCUT2D eigenvalue weighted by Gasteiger charge is -2.32. The number of hydrogen-bond acceptors (Lipinski definition) is 2. The van der Waals surface area contributed by atoms with E-state index < -0.39 is 0 Å². The number of rotatable bonds is 5. The van der Waals surface area contributed by atoms with Crippen LogP contribution >= 0.6 is 0 Å². The molecule has 0 saturated carbocycles. The van der Waals surface area contributed by atoms with Crippen LogP contribution in [-0.4, -0.2) is 19.5 Å². The van der Waals surface area contributed by atoms with Crippen molar-refractivity contribution >= 4 is 5.91 Å². The van der Waals surface area contributed by atoms with Crippen molar-refractivity contribution in [3.05, 3.63) is 35.6 Å². The van der Waals surface area contributed by atoms with Crippen LogP contribution in [0.5, 0.6) is 0 Å². The van der Waals surface area contributed by atoms with Gasteiger partial charge in [0, 0.05) is 26.1 Å². The third kappa shape index (κ3) is 4.99. The molecule has 0 heterocycles. The number of amides is 1. The van der Waals surface area contributed by atoms with E-state index in [2.05, 4.69) is 31.4 Å². The van der Waals surface area contributed by atoms with Crippen LogP contribution in [0.2, 0.25) is 0 Å². The highest BCUT2D eigenvalue weighted by atomic mass is 19.1. The highest BCUT2D eigenvalue weighted by Gasteiger charge is 2.26. The van der Waals surface area contributed by atoms with Crippen LogP contribution in [0.3, 0.4) is 0 Å².